The van der Waals surface area contributed by atoms with E-state index in [4.69, 9.17) is 16.3 Å². The van der Waals surface area contributed by atoms with Crippen molar-refractivity contribution in [1.29, 1.82) is 0 Å². The minimum Gasteiger partial charge on any atom is -0.489 e. The quantitative estimate of drug-likeness (QED) is 0.629. The Balaban J connectivity index is 1.52. The summed E-state index contributed by atoms with van der Waals surface area (Å²) >= 11 is 7.46. The van der Waals surface area contributed by atoms with Gasteiger partial charge in [0.25, 0.3) is 5.91 Å². The smallest absolute Gasteiger partial charge is 0.254 e. The summed E-state index contributed by atoms with van der Waals surface area (Å²) in [5.41, 5.74) is 2.56. The summed E-state index contributed by atoms with van der Waals surface area (Å²) in [7, 11) is 0. The number of fused-ring (bicyclic) bond motifs is 1. The van der Waals surface area contributed by atoms with Crippen LogP contribution in [0.3, 0.4) is 0 Å². The van der Waals surface area contributed by atoms with Gasteiger partial charge in [0.15, 0.2) is 0 Å². The van der Waals surface area contributed by atoms with Crippen LogP contribution in [0.2, 0.25) is 5.02 Å². The molecule has 3 aromatic carbocycles. The number of hydrogen-bond donors (Lipinski definition) is 2. The zero-order valence-electron chi connectivity index (χ0n) is 14.8. The van der Waals surface area contributed by atoms with Gasteiger partial charge in [-0.25, -0.2) is 0 Å². The zero-order chi connectivity index (χ0) is 19.5. The maximum atomic E-state index is 12.4. The van der Waals surface area contributed by atoms with Crippen molar-refractivity contribution in [3.8, 4) is 5.75 Å². The molecular formula is C22H18ClNO3S. The van der Waals surface area contributed by atoms with Crippen LogP contribution in [0.15, 0.2) is 77.7 Å². The number of rotatable bonds is 4. The minimum atomic E-state index is -1.17. The normalized spacial score (nSPS) is 18.7. The number of amides is 1. The molecule has 4 rings (SSSR count). The van der Waals surface area contributed by atoms with E-state index < -0.39 is 17.3 Å². The zero-order valence-corrected chi connectivity index (χ0v) is 16.4. The minimum absolute atomic E-state index is 0.425. The van der Waals surface area contributed by atoms with Gasteiger partial charge >= 0.3 is 0 Å². The number of aliphatic hydroxyl groups excluding tert-OH is 1. The summed E-state index contributed by atoms with van der Waals surface area (Å²) in [4.78, 5) is 13.2. The van der Waals surface area contributed by atoms with E-state index >= 15 is 0 Å². The van der Waals surface area contributed by atoms with Crippen LogP contribution in [0.5, 0.6) is 5.75 Å². The number of halogens is 1. The Morgan fingerprint density at radius 2 is 1.79 bits per heavy atom. The van der Waals surface area contributed by atoms with E-state index in [1.54, 1.807) is 12.1 Å². The van der Waals surface area contributed by atoms with Gasteiger partial charge in [0, 0.05) is 9.92 Å². The lowest BCUT2D eigenvalue weighted by atomic mass is 10.1. The first-order valence-corrected chi connectivity index (χ1v) is 10.1. The Kier molecular flexibility index (Phi) is 5.57. The van der Waals surface area contributed by atoms with Gasteiger partial charge < -0.3 is 15.2 Å². The molecule has 0 unspecified atom stereocenters. The van der Waals surface area contributed by atoms with Gasteiger partial charge in [0.2, 0.25) is 0 Å². The van der Waals surface area contributed by atoms with Crippen molar-refractivity contribution < 1.29 is 14.6 Å². The average molecular weight is 412 g/mol. The van der Waals surface area contributed by atoms with Crippen LogP contribution in [-0.4, -0.2) is 17.1 Å². The van der Waals surface area contributed by atoms with Crippen molar-refractivity contribution in [2.45, 2.75) is 22.9 Å². The number of benzene rings is 3. The van der Waals surface area contributed by atoms with Crippen molar-refractivity contribution in [2.75, 3.05) is 5.32 Å². The molecule has 142 valence electrons. The Morgan fingerprint density at radius 3 is 2.54 bits per heavy atom. The van der Waals surface area contributed by atoms with Crippen molar-refractivity contribution in [3.05, 3.63) is 88.9 Å². The molecule has 1 aliphatic rings. The first-order valence-electron chi connectivity index (χ1n) is 8.82. The number of thioether (sulfide) groups is 1. The molecule has 3 aromatic rings. The van der Waals surface area contributed by atoms with Crippen molar-refractivity contribution in [3.63, 3.8) is 0 Å². The van der Waals surface area contributed by atoms with E-state index in [0.29, 0.717) is 17.3 Å². The first kappa shape index (κ1) is 18.9. The third kappa shape index (κ3) is 4.17. The standard InChI is InChI=1S/C22H18ClNO3S/c23-16-8-11-19-18(12-16)24-22(26)20(25)21(28-19)15-6-9-17(10-7-15)27-13-14-4-2-1-3-5-14/h1-12,20-21,25H,13H2,(H,24,26)/t20-,21-/m0/s1. The summed E-state index contributed by atoms with van der Waals surface area (Å²) in [6.45, 7) is 0.484. The topological polar surface area (TPSA) is 58.6 Å². The molecule has 0 spiro atoms. The van der Waals surface area contributed by atoms with Gasteiger partial charge in [-0.15, -0.1) is 11.8 Å². The number of carbonyl (C=O) groups is 1. The maximum absolute atomic E-state index is 12.4. The highest BCUT2D eigenvalue weighted by atomic mass is 35.5. The molecule has 28 heavy (non-hydrogen) atoms. The number of aliphatic hydroxyl groups is 1. The SMILES string of the molecule is O=C1Nc2cc(Cl)ccc2S[C@@H](c2ccc(OCc3ccccc3)cc2)[C@@H]1O. The van der Waals surface area contributed by atoms with Crippen molar-refractivity contribution in [1.82, 2.24) is 0 Å². The van der Waals surface area contributed by atoms with Crippen molar-refractivity contribution >= 4 is 35.0 Å². The largest absolute Gasteiger partial charge is 0.489 e. The number of nitrogens with one attached hydrogen (secondary N) is 1. The van der Waals surface area contributed by atoms with E-state index in [2.05, 4.69) is 5.32 Å². The molecule has 0 fully saturated rings. The first-order chi connectivity index (χ1) is 13.6. The second-order valence-corrected chi connectivity index (χ2v) is 8.08. The second-order valence-electron chi connectivity index (χ2n) is 6.46. The van der Waals surface area contributed by atoms with E-state index in [0.717, 1.165) is 21.8 Å². The summed E-state index contributed by atoms with van der Waals surface area (Å²) < 4.78 is 5.81. The van der Waals surface area contributed by atoms with E-state index in [1.165, 1.54) is 11.8 Å². The fourth-order valence-electron chi connectivity index (χ4n) is 2.99. The predicted octanol–water partition coefficient (Wildman–Crippen LogP) is 5.07. The molecule has 2 atom stereocenters. The number of anilines is 1. The van der Waals surface area contributed by atoms with Gasteiger partial charge in [-0.1, -0.05) is 54.1 Å². The van der Waals surface area contributed by atoms with Gasteiger partial charge in [-0.05, 0) is 41.5 Å². The molecule has 6 heteroatoms. The summed E-state index contributed by atoms with van der Waals surface area (Å²) in [6.07, 6.45) is -1.17. The van der Waals surface area contributed by atoms with Crippen LogP contribution in [-0.2, 0) is 11.4 Å². The Bertz CT molecular complexity index is 979. The highest BCUT2D eigenvalue weighted by Gasteiger charge is 2.32. The third-order valence-electron chi connectivity index (χ3n) is 4.47. The maximum Gasteiger partial charge on any atom is 0.254 e. The molecular weight excluding hydrogens is 394 g/mol. The average Bonchev–Trinajstić information content (AvgIpc) is 2.84. The molecule has 1 amide bonds. The van der Waals surface area contributed by atoms with Crippen molar-refractivity contribution in [2.24, 2.45) is 0 Å². The van der Waals surface area contributed by atoms with Gasteiger partial charge in [0.05, 0.1) is 10.9 Å². The van der Waals surface area contributed by atoms with E-state index in [1.807, 2.05) is 60.7 Å². The Hall–Kier alpha value is -2.47. The Labute approximate surface area is 172 Å². The second kappa shape index (κ2) is 8.27. The molecule has 0 saturated heterocycles. The molecule has 1 aliphatic heterocycles. The Morgan fingerprint density at radius 1 is 1.04 bits per heavy atom. The van der Waals surface area contributed by atoms with Crippen LogP contribution in [0, 0.1) is 0 Å². The fraction of sp³-hybridized carbons (Fsp3) is 0.136. The highest BCUT2D eigenvalue weighted by Crippen LogP contribution is 2.44. The predicted molar refractivity (Wildman–Crippen MR) is 112 cm³/mol. The van der Waals surface area contributed by atoms with E-state index in [9.17, 15) is 9.90 Å². The molecule has 4 nitrogen and oxygen atoms in total. The van der Waals surface area contributed by atoms with Crippen LogP contribution in [0.25, 0.3) is 0 Å². The molecule has 2 N–H and O–H groups in total. The lowest BCUT2D eigenvalue weighted by Crippen LogP contribution is -2.30. The van der Waals surface area contributed by atoms with Gasteiger partial charge in [-0.2, -0.15) is 0 Å². The van der Waals surface area contributed by atoms with Crippen LogP contribution >= 0.6 is 23.4 Å². The third-order valence-corrected chi connectivity index (χ3v) is 6.09. The number of hydrogen-bond acceptors (Lipinski definition) is 4. The van der Waals surface area contributed by atoms with Crippen LogP contribution in [0.1, 0.15) is 16.4 Å². The molecule has 0 radical (unpaired) electrons. The van der Waals surface area contributed by atoms with Crippen LogP contribution in [0.4, 0.5) is 5.69 Å². The fourth-order valence-corrected chi connectivity index (χ4v) is 4.37. The molecule has 0 aromatic heterocycles. The molecule has 0 bridgehead atoms. The summed E-state index contributed by atoms with van der Waals surface area (Å²) in [6, 6.07) is 22.7. The molecule has 1 heterocycles. The number of carbonyl (C=O) groups excluding carboxylic acids is 1. The molecule has 0 aliphatic carbocycles. The lowest BCUT2D eigenvalue weighted by Gasteiger charge is -2.19. The highest BCUT2D eigenvalue weighted by molar-refractivity contribution is 7.99. The van der Waals surface area contributed by atoms with Crippen LogP contribution < -0.4 is 10.1 Å². The number of ether oxygens (including phenoxy) is 1. The summed E-state index contributed by atoms with van der Waals surface area (Å²) in [5, 5.41) is 13.4. The van der Waals surface area contributed by atoms with E-state index in [-0.39, 0.29) is 0 Å². The van der Waals surface area contributed by atoms with Gasteiger partial charge in [0.1, 0.15) is 18.5 Å². The summed E-state index contributed by atoms with van der Waals surface area (Å²) in [5.74, 6) is 0.292. The lowest BCUT2D eigenvalue weighted by molar-refractivity contribution is -0.124. The molecule has 0 saturated carbocycles. The monoisotopic (exact) mass is 411 g/mol. The van der Waals surface area contributed by atoms with Gasteiger partial charge in [-0.3, -0.25) is 4.79 Å².